The van der Waals surface area contributed by atoms with E-state index in [1.807, 2.05) is 4.90 Å². The van der Waals surface area contributed by atoms with Crippen molar-refractivity contribution in [1.29, 1.82) is 0 Å². The number of hydroxylamine groups is 2. The highest BCUT2D eigenvalue weighted by atomic mass is 127. The molecule has 0 saturated carbocycles. The Labute approximate surface area is 153 Å². The van der Waals surface area contributed by atoms with Crippen LogP contribution in [0, 0.1) is 0 Å². The van der Waals surface area contributed by atoms with Crippen LogP contribution >= 0.6 is 22.6 Å². The number of urea groups is 1. The normalized spacial score (nSPS) is 25.0. The van der Waals surface area contributed by atoms with Gasteiger partial charge in [-0.2, -0.15) is 5.06 Å². The zero-order chi connectivity index (χ0) is 17.4. The predicted molar refractivity (Wildman–Crippen MR) is 103 cm³/mol. The van der Waals surface area contributed by atoms with Gasteiger partial charge in [0.05, 0.1) is 25.8 Å². The summed E-state index contributed by atoms with van der Waals surface area (Å²) in [4.78, 5) is 20.0. The van der Waals surface area contributed by atoms with E-state index >= 15 is 0 Å². The van der Waals surface area contributed by atoms with Gasteiger partial charge in [-0.05, 0) is 46.8 Å². The van der Waals surface area contributed by atoms with E-state index in [1.165, 1.54) is 5.06 Å². The number of carbonyl (C=O) groups is 1. The summed E-state index contributed by atoms with van der Waals surface area (Å²) in [5.74, 6) is 0. The first-order valence-electron chi connectivity index (χ1n) is 7.93. The topological polar surface area (TPSA) is 42.0 Å². The van der Waals surface area contributed by atoms with Gasteiger partial charge in [0.25, 0.3) is 0 Å². The molecule has 1 fully saturated rings. The van der Waals surface area contributed by atoms with Crippen molar-refractivity contribution in [3.05, 3.63) is 22.3 Å². The molecule has 2 rings (SSSR count). The third-order valence-electron chi connectivity index (χ3n) is 4.91. The van der Waals surface area contributed by atoms with Crippen LogP contribution in [0.15, 0.2) is 22.3 Å². The predicted octanol–water partition coefficient (Wildman–Crippen LogP) is 3.93. The van der Waals surface area contributed by atoms with Gasteiger partial charge in [0.2, 0.25) is 0 Å². The Hall–Kier alpha value is -0.383. The van der Waals surface area contributed by atoms with E-state index in [9.17, 15) is 4.79 Å². The number of halogens is 1. The zero-order valence-corrected chi connectivity index (χ0v) is 17.8. The van der Waals surface area contributed by atoms with Gasteiger partial charge >= 0.3 is 6.03 Å². The number of nitrogens with zero attached hydrogens (tertiary/aromatic N) is 2. The standard InChI is InChI=1S/C16H27IN2O3Si/c1-7-8-21-19-14-10-18(15(19)20)12(9-13(14)17)11-22-23(5,6)16(2,3)4/h7,9,12,14H,1,8,10-11H2,2-6H3/t12-,14+/m1/s1. The highest BCUT2D eigenvalue weighted by Gasteiger charge is 2.47. The fraction of sp³-hybridized carbons (Fsp3) is 0.688. The molecule has 130 valence electrons. The molecule has 0 aromatic rings. The Kier molecular flexibility index (Phi) is 5.65. The highest BCUT2D eigenvalue weighted by Crippen LogP contribution is 2.38. The van der Waals surface area contributed by atoms with Crippen LogP contribution in [0.5, 0.6) is 0 Å². The molecule has 5 nitrogen and oxygen atoms in total. The maximum absolute atomic E-state index is 12.6. The Morgan fingerprint density at radius 1 is 1.48 bits per heavy atom. The molecule has 23 heavy (non-hydrogen) atoms. The summed E-state index contributed by atoms with van der Waals surface area (Å²) in [5, 5.41) is 1.64. The van der Waals surface area contributed by atoms with E-state index in [2.05, 4.69) is 69.1 Å². The summed E-state index contributed by atoms with van der Waals surface area (Å²) < 4.78 is 7.46. The van der Waals surface area contributed by atoms with Crippen LogP contribution < -0.4 is 0 Å². The second kappa shape index (κ2) is 6.85. The van der Waals surface area contributed by atoms with E-state index < -0.39 is 8.32 Å². The van der Waals surface area contributed by atoms with Gasteiger partial charge in [0.1, 0.15) is 6.04 Å². The molecule has 7 heteroatoms. The number of rotatable bonds is 6. The molecular weight excluding hydrogens is 423 g/mol. The molecule has 2 aliphatic rings. The minimum Gasteiger partial charge on any atom is -0.414 e. The number of amides is 2. The van der Waals surface area contributed by atoms with Gasteiger partial charge in [-0.3, -0.25) is 4.84 Å². The van der Waals surface area contributed by atoms with E-state index in [1.54, 1.807) is 6.08 Å². The van der Waals surface area contributed by atoms with Gasteiger partial charge in [-0.15, -0.1) is 6.58 Å². The van der Waals surface area contributed by atoms with Crippen LogP contribution in [0.1, 0.15) is 20.8 Å². The number of fused-ring (bicyclic) bond motifs is 2. The number of hydrogen-bond acceptors (Lipinski definition) is 3. The smallest absolute Gasteiger partial charge is 0.345 e. The molecule has 0 radical (unpaired) electrons. The Balaban J connectivity index is 2.07. The summed E-state index contributed by atoms with van der Waals surface area (Å²) in [7, 11) is -1.83. The Bertz CT molecular complexity index is 516. The zero-order valence-electron chi connectivity index (χ0n) is 14.6. The van der Waals surface area contributed by atoms with Gasteiger partial charge < -0.3 is 9.33 Å². The summed E-state index contributed by atoms with van der Waals surface area (Å²) in [5.41, 5.74) is 0. The van der Waals surface area contributed by atoms with E-state index in [-0.39, 0.29) is 23.2 Å². The summed E-state index contributed by atoms with van der Waals surface area (Å²) in [6, 6.07) is -0.104. The first kappa shape index (κ1) is 18.9. The first-order valence-corrected chi connectivity index (χ1v) is 11.9. The van der Waals surface area contributed by atoms with Gasteiger partial charge in [-0.1, -0.05) is 26.8 Å². The highest BCUT2D eigenvalue weighted by molar-refractivity contribution is 14.1. The molecule has 2 atom stereocenters. The Morgan fingerprint density at radius 3 is 2.70 bits per heavy atom. The quantitative estimate of drug-likeness (QED) is 0.350. The second-order valence-corrected chi connectivity index (χ2v) is 13.6. The minimum absolute atomic E-state index is 0.00725. The lowest BCUT2D eigenvalue weighted by atomic mass is 10.1. The molecule has 1 saturated heterocycles. The molecule has 0 aromatic carbocycles. The SMILES string of the molecule is C=CCON1C(=O)N2C[C@H]1C(I)=C[C@@H]2CO[Si](C)(C)C(C)(C)C. The maximum Gasteiger partial charge on any atom is 0.345 e. The van der Waals surface area contributed by atoms with Gasteiger partial charge in [0.15, 0.2) is 8.32 Å². The van der Waals surface area contributed by atoms with Crippen LogP contribution in [-0.2, 0) is 9.26 Å². The maximum atomic E-state index is 12.6. The minimum atomic E-state index is -1.83. The molecule has 0 N–H and O–H groups in total. The average Bonchev–Trinajstić information content (AvgIpc) is 2.73. The lowest BCUT2D eigenvalue weighted by Gasteiger charge is -2.38. The van der Waals surface area contributed by atoms with Crippen molar-refractivity contribution in [3.8, 4) is 0 Å². The second-order valence-electron chi connectivity index (χ2n) is 7.55. The van der Waals surface area contributed by atoms with Crippen molar-refractivity contribution in [1.82, 2.24) is 9.96 Å². The largest absolute Gasteiger partial charge is 0.414 e. The third-order valence-corrected chi connectivity index (χ3v) is 10.5. The summed E-state index contributed by atoms with van der Waals surface area (Å²) in [6.45, 7) is 16.3. The van der Waals surface area contributed by atoms with Crippen LogP contribution in [-0.4, -0.2) is 56.2 Å². The lowest BCUT2D eigenvalue weighted by molar-refractivity contribution is -0.108. The fourth-order valence-corrected chi connectivity index (χ4v) is 4.27. The fourth-order valence-electron chi connectivity index (χ4n) is 2.39. The van der Waals surface area contributed by atoms with Crippen LogP contribution in [0.25, 0.3) is 0 Å². The molecule has 0 aliphatic carbocycles. The Morgan fingerprint density at radius 2 is 2.13 bits per heavy atom. The molecule has 0 spiro atoms. The first-order chi connectivity index (χ1) is 10.6. The van der Waals surface area contributed by atoms with Crippen molar-refractivity contribution in [3.63, 3.8) is 0 Å². The molecule has 2 heterocycles. The van der Waals surface area contributed by atoms with Crippen LogP contribution in [0.2, 0.25) is 18.1 Å². The molecular formula is C16H27IN2O3Si. The lowest BCUT2D eigenvalue weighted by Crippen LogP contribution is -2.47. The van der Waals surface area contributed by atoms with E-state index in [0.29, 0.717) is 19.8 Å². The van der Waals surface area contributed by atoms with Crippen molar-refractivity contribution in [2.24, 2.45) is 0 Å². The number of hydrogen-bond donors (Lipinski definition) is 0. The molecule has 2 bridgehead atoms. The van der Waals surface area contributed by atoms with Crippen LogP contribution in [0.3, 0.4) is 0 Å². The summed E-state index contributed by atoms with van der Waals surface area (Å²) >= 11 is 2.30. The van der Waals surface area contributed by atoms with E-state index in [4.69, 9.17) is 9.26 Å². The van der Waals surface area contributed by atoms with Crippen molar-refractivity contribution in [2.45, 2.75) is 51.0 Å². The molecule has 0 unspecified atom stereocenters. The monoisotopic (exact) mass is 450 g/mol. The van der Waals surface area contributed by atoms with Gasteiger partial charge in [-0.25, -0.2) is 4.79 Å². The molecule has 2 aliphatic heterocycles. The number of carbonyl (C=O) groups excluding carboxylic acids is 1. The van der Waals surface area contributed by atoms with Crippen molar-refractivity contribution >= 4 is 36.9 Å². The molecule has 0 aromatic heterocycles. The van der Waals surface area contributed by atoms with Crippen molar-refractivity contribution < 1.29 is 14.1 Å². The van der Waals surface area contributed by atoms with Gasteiger partial charge in [0, 0.05) is 3.58 Å². The summed E-state index contributed by atoms with van der Waals surface area (Å²) in [6.07, 6.45) is 3.79. The van der Waals surface area contributed by atoms with Crippen molar-refractivity contribution in [2.75, 3.05) is 19.8 Å². The third kappa shape index (κ3) is 3.83. The average molecular weight is 450 g/mol. The van der Waals surface area contributed by atoms with Crippen LogP contribution in [0.4, 0.5) is 4.79 Å². The molecule has 2 amide bonds. The van der Waals surface area contributed by atoms with E-state index in [0.717, 1.165) is 3.58 Å².